The predicted molar refractivity (Wildman–Crippen MR) is 72.0 cm³/mol. The molecule has 0 aliphatic heterocycles. The van der Waals surface area contributed by atoms with Crippen LogP contribution in [-0.4, -0.2) is 33.9 Å². The van der Waals surface area contributed by atoms with Crippen LogP contribution in [0.2, 0.25) is 0 Å². The normalized spacial score (nSPS) is 29.8. The molecule has 1 rings (SSSR count). The topological polar surface area (TPSA) is 69.7 Å². The van der Waals surface area contributed by atoms with Crippen LogP contribution in [0, 0.1) is 16.7 Å². The number of esters is 1. The van der Waals surface area contributed by atoms with Crippen LogP contribution in [0.3, 0.4) is 0 Å². The molecule has 0 aromatic carbocycles. The van der Waals surface area contributed by atoms with Crippen LogP contribution in [0.15, 0.2) is 0 Å². The molecule has 0 radical (unpaired) electrons. The van der Waals surface area contributed by atoms with E-state index in [0.717, 1.165) is 12.7 Å². The molecule has 5 nitrogen and oxygen atoms in total. The number of carbonyl (C=O) groups is 1. The highest BCUT2D eigenvalue weighted by Crippen LogP contribution is 2.50. The summed E-state index contributed by atoms with van der Waals surface area (Å²) in [5.74, 6) is -0.977. The molecule has 0 saturated heterocycles. The van der Waals surface area contributed by atoms with Crippen molar-refractivity contribution in [1.82, 2.24) is 0 Å². The van der Waals surface area contributed by atoms with Gasteiger partial charge in [-0.25, -0.2) is 0 Å². The summed E-state index contributed by atoms with van der Waals surface area (Å²) in [7, 11) is -2.29. The van der Waals surface area contributed by atoms with Gasteiger partial charge in [-0.1, -0.05) is 27.7 Å². The van der Waals surface area contributed by atoms with Crippen molar-refractivity contribution in [3.05, 3.63) is 0 Å². The van der Waals surface area contributed by atoms with Gasteiger partial charge in [0.25, 0.3) is 10.1 Å². The van der Waals surface area contributed by atoms with Gasteiger partial charge in [0.05, 0.1) is 25.4 Å². The molecule has 1 aliphatic carbocycles. The predicted octanol–water partition coefficient (Wildman–Crippen LogP) is 1.97. The molecule has 19 heavy (non-hydrogen) atoms. The Morgan fingerprint density at radius 3 is 2.16 bits per heavy atom. The molecule has 0 aromatic heterocycles. The van der Waals surface area contributed by atoms with Gasteiger partial charge in [0, 0.05) is 0 Å². The summed E-state index contributed by atoms with van der Waals surface area (Å²) in [6, 6.07) is 0. The van der Waals surface area contributed by atoms with Crippen molar-refractivity contribution in [3.8, 4) is 0 Å². The quantitative estimate of drug-likeness (QED) is 0.587. The fourth-order valence-electron chi connectivity index (χ4n) is 3.49. The van der Waals surface area contributed by atoms with E-state index in [0.29, 0.717) is 6.42 Å². The smallest absolute Gasteiger partial charge is 0.311 e. The molecular weight excluding hydrogens is 268 g/mol. The highest BCUT2D eigenvalue weighted by Gasteiger charge is 2.51. The van der Waals surface area contributed by atoms with E-state index in [2.05, 4.69) is 13.8 Å². The lowest BCUT2D eigenvalue weighted by Crippen LogP contribution is -2.50. The lowest BCUT2D eigenvalue weighted by Gasteiger charge is -2.48. The summed E-state index contributed by atoms with van der Waals surface area (Å²) in [5, 5.41) is 0. The van der Waals surface area contributed by atoms with Crippen molar-refractivity contribution in [3.63, 3.8) is 0 Å². The van der Waals surface area contributed by atoms with Crippen molar-refractivity contribution in [2.75, 3.05) is 13.4 Å². The minimum atomic E-state index is -3.61. The molecule has 2 atom stereocenters. The van der Waals surface area contributed by atoms with E-state index in [1.54, 1.807) is 0 Å². The Morgan fingerprint density at radius 1 is 1.21 bits per heavy atom. The second-order valence-corrected chi connectivity index (χ2v) is 8.47. The van der Waals surface area contributed by atoms with Gasteiger partial charge in [-0.3, -0.25) is 8.98 Å². The molecule has 0 amide bonds. The fourth-order valence-corrected chi connectivity index (χ4v) is 4.12. The number of methoxy groups -OCH3 is 1. The van der Waals surface area contributed by atoms with Gasteiger partial charge in [0.2, 0.25) is 0 Å². The standard InChI is InChI=1S/C13H24O5S/c1-12(2)7-9(18-19(6,15)16)10(11(14)17-5)13(3,4)8-12/h9-10H,7-8H2,1-6H3. The number of carbonyl (C=O) groups excluding carboxylic acids is 1. The molecular formula is C13H24O5S. The summed E-state index contributed by atoms with van der Waals surface area (Å²) >= 11 is 0. The number of rotatable bonds is 3. The second-order valence-electron chi connectivity index (χ2n) is 6.87. The first-order valence-corrected chi connectivity index (χ1v) is 8.16. The zero-order valence-corrected chi connectivity index (χ0v) is 13.3. The average molecular weight is 292 g/mol. The largest absolute Gasteiger partial charge is 0.469 e. The Bertz CT molecular complexity index is 450. The van der Waals surface area contributed by atoms with E-state index in [1.807, 2.05) is 13.8 Å². The molecule has 1 aliphatic rings. The van der Waals surface area contributed by atoms with Gasteiger partial charge in [-0.2, -0.15) is 8.42 Å². The van der Waals surface area contributed by atoms with Crippen LogP contribution in [0.4, 0.5) is 0 Å². The molecule has 6 heteroatoms. The number of hydrogen-bond acceptors (Lipinski definition) is 5. The lowest BCUT2D eigenvalue weighted by molar-refractivity contribution is -0.161. The first-order chi connectivity index (χ1) is 8.38. The first kappa shape index (κ1) is 16.4. The van der Waals surface area contributed by atoms with E-state index < -0.39 is 28.1 Å². The van der Waals surface area contributed by atoms with Gasteiger partial charge in [-0.05, 0) is 23.7 Å². The minimum absolute atomic E-state index is 0.0800. The van der Waals surface area contributed by atoms with Gasteiger partial charge in [-0.15, -0.1) is 0 Å². The Labute approximate surface area is 115 Å². The SMILES string of the molecule is COC(=O)C1C(OS(C)(=O)=O)CC(C)(C)CC1(C)C. The Balaban J connectivity index is 3.15. The van der Waals surface area contributed by atoms with Gasteiger partial charge in [0.1, 0.15) is 0 Å². The van der Waals surface area contributed by atoms with E-state index in [-0.39, 0.29) is 10.8 Å². The molecule has 0 spiro atoms. The lowest BCUT2D eigenvalue weighted by atomic mass is 9.59. The Kier molecular flexibility index (Phi) is 4.37. The van der Waals surface area contributed by atoms with Gasteiger partial charge < -0.3 is 4.74 Å². The molecule has 112 valence electrons. The van der Waals surface area contributed by atoms with Crippen molar-refractivity contribution in [1.29, 1.82) is 0 Å². The second kappa shape index (κ2) is 5.05. The van der Waals surface area contributed by atoms with Crippen molar-refractivity contribution >= 4 is 16.1 Å². The third-order valence-corrected chi connectivity index (χ3v) is 4.25. The summed E-state index contributed by atoms with van der Waals surface area (Å²) in [4.78, 5) is 12.0. The van der Waals surface area contributed by atoms with Crippen LogP contribution >= 0.6 is 0 Å². The summed E-state index contributed by atoms with van der Waals surface area (Å²) in [6.07, 6.45) is 1.67. The molecule has 0 N–H and O–H groups in total. The van der Waals surface area contributed by atoms with Crippen LogP contribution in [0.25, 0.3) is 0 Å². The van der Waals surface area contributed by atoms with Crippen molar-refractivity contribution in [2.45, 2.75) is 46.6 Å². The Hall–Kier alpha value is -0.620. The first-order valence-electron chi connectivity index (χ1n) is 6.34. The monoisotopic (exact) mass is 292 g/mol. The summed E-state index contributed by atoms with van der Waals surface area (Å²) in [6.45, 7) is 8.02. The molecule has 1 saturated carbocycles. The Morgan fingerprint density at radius 2 is 1.74 bits per heavy atom. The molecule has 0 aromatic rings. The molecule has 1 fully saturated rings. The maximum absolute atomic E-state index is 12.0. The highest BCUT2D eigenvalue weighted by atomic mass is 32.2. The summed E-state index contributed by atoms with van der Waals surface area (Å²) < 4.78 is 32.8. The molecule has 2 unspecified atom stereocenters. The van der Waals surface area contributed by atoms with Crippen LogP contribution < -0.4 is 0 Å². The fraction of sp³-hybridized carbons (Fsp3) is 0.923. The third-order valence-electron chi connectivity index (χ3n) is 3.66. The van der Waals surface area contributed by atoms with Crippen LogP contribution in [0.1, 0.15) is 40.5 Å². The summed E-state index contributed by atoms with van der Waals surface area (Å²) in [5.41, 5.74) is -0.451. The van der Waals surface area contributed by atoms with Crippen molar-refractivity contribution in [2.24, 2.45) is 16.7 Å². The van der Waals surface area contributed by atoms with Gasteiger partial charge >= 0.3 is 5.97 Å². The highest BCUT2D eigenvalue weighted by molar-refractivity contribution is 7.86. The molecule has 0 heterocycles. The van der Waals surface area contributed by atoms with E-state index in [9.17, 15) is 13.2 Å². The van der Waals surface area contributed by atoms with Crippen LogP contribution in [0.5, 0.6) is 0 Å². The third kappa shape index (κ3) is 4.18. The number of hydrogen-bond donors (Lipinski definition) is 0. The maximum atomic E-state index is 12.0. The van der Waals surface area contributed by atoms with Crippen LogP contribution in [-0.2, 0) is 23.8 Å². The van der Waals surface area contributed by atoms with E-state index in [4.69, 9.17) is 8.92 Å². The zero-order chi connectivity index (χ0) is 15.1. The minimum Gasteiger partial charge on any atom is -0.469 e. The average Bonchev–Trinajstić information content (AvgIpc) is 2.09. The van der Waals surface area contributed by atoms with E-state index >= 15 is 0 Å². The van der Waals surface area contributed by atoms with E-state index in [1.165, 1.54) is 7.11 Å². The van der Waals surface area contributed by atoms with Crippen molar-refractivity contribution < 1.29 is 22.1 Å². The maximum Gasteiger partial charge on any atom is 0.311 e. The zero-order valence-electron chi connectivity index (χ0n) is 12.5. The molecule has 0 bridgehead atoms. The number of ether oxygens (including phenoxy) is 1. The van der Waals surface area contributed by atoms with Gasteiger partial charge in [0.15, 0.2) is 0 Å².